The first-order chi connectivity index (χ1) is 10.2. The first-order valence-electron chi connectivity index (χ1n) is 8.94. The zero-order valence-electron chi connectivity index (χ0n) is 13.9. The molecule has 0 bridgehead atoms. The molecule has 2 unspecified atom stereocenters. The van der Waals surface area contributed by atoms with Gasteiger partial charge >= 0.3 is 0 Å². The Balaban J connectivity index is 1.67. The van der Waals surface area contributed by atoms with Gasteiger partial charge in [-0.1, -0.05) is 33.1 Å². The third kappa shape index (κ3) is 5.59. The van der Waals surface area contributed by atoms with E-state index in [1.54, 1.807) is 0 Å². The zero-order chi connectivity index (χ0) is 15.1. The van der Waals surface area contributed by atoms with Crippen LogP contribution in [0.3, 0.4) is 0 Å². The number of amides is 1. The van der Waals surface area contributed by atoms with Gasteiger partial charge < -0.3 is 10.6 Å². The highest BCUT2D eigenvalue weighted by atomic mass is 16.2. The second-order valence-electron chi connectivity index (χ2n) is 6.96. The lowest BCUT2D eigenvalue weighted by atomic mass is 9.93. The van der Waals surface area contributed by atoms with Crippen molar-refractivity contribution in [3.8, 4) is 0 Å². The zero-order valence-corrected chi connectivity index (χ0v) is 13.9. The van der Waals surface area contributed by atoms with Crippen LogP contribution in [0, 0.1) is 5.92 Å². The molecule has 2 aliphatic rings. The Bertz CT molecular complexity index is 315. The van der Waals surface area contributed by atoms with E-state index in [9.17, 15) is 4.79 Å². The second kappa shape index (κ2) is 8.74. The monoisotopic (exact) mass is 295 g/mol. The predicted molar refractivity (Wildman–Crippen MR) is 87.3 cm³/mol. The summed E-state index contributed by atoms with van der Waals surface area (Å²) in [7, 11) is 0. The summed E-state index contributed by atoms with van der Waals surface area (Å²) in [5, 5.41) is 6.86. The topological polar surface area (TPSA) is 44.4 Å². The highest BCUT2D eigenvalue weighted by Crippen LogP contribution is 2.18. The van der Waals surface area contributed by atoms with Crippen molar-refractivity contribution in [1.82, 2.24) is 15.5 Å². The van der Waals surface area contributed by atoms with Crippen molar-refractivity contribution >= 4 is 5.91 Å². The van der Waals surface area contributed by atoms with Crippen LogP contribution in [-0.2, 0) is 4.79 Å². The molecule has 1 aliphatic heterocycles. The molecule has 1 heterocycles. The maximum absolute atomic E-state index is 12.2. The van der Waals surface area contributed by atoms with Crippen molar-refractivity contribution < 1.29 is 4.79 Å². The fourth-order valence-electron chi connectivity index (χ4n) is 3.73. The summed E-state index contributed by atoms with van der Waals surface area (Å²) in [5.41, 5.74) is 0. The molecule has 1 saturated heterocycles. The third-order valence-electron chi connectivity index (χ3n) is 4.98. The summed E-state index contributed by atoms with van der Waals surface area (Å²) in [6.45, 7) is 8.29. The number of piperidine rings is 1. The minimum atomic E-state index is 0.231. The number of hydrogen-bond acceptors (Lipinski definition) is 3. The average Bonchev–Trinajstić information content (AvgIpc) is 2.47. The van der Waals surface area contributed by atoms with Crippen LogP contribution >= 0.6 is 0 Å². The van der Waals surface area contributed by atoms with Gasteiger partial charge in [0.15, 0.2) is 0 Å². The number of nitrogens with one attached hydrogen (secondary N) is 2. The van der Waals surface area contributed by atoms with Gasteiger partial charge in [-0.2, -0.15) is 0 Å². The van der Waals surface area contributed by atoms with Gasteiger partial charge in [0.1, 0.15) is 0 Å². The maximum atomic E-state index is 12.2. The molecule has 0 aromatic heterocycles. The highest BCUT2D eigenvalue weighted by molar-refractivity contribution is 5.78. The Labute approximate surface area is 130 Å². The number of carbonyl (C=O) groups excluding carboxylic acids is 1. The Morgan fingerprint density at radius 3 is 2.62 bits per heavy atom. The van der Waals surface area contributed by atoms with Crippen molar-refractivity contribution in [3.05, 3.63) is 0 Å². The van der Waals surface area contributed by atoms with Gasteiger partial charge in [-0.3, -0.25) is 9.69 Å². The summed E-state index contributed by atoms with van der Waals surface area (Å²) < 4.78 is 0. The molecule has 0 aromatic carbocycles. The molecule has 4 nitrogen and oxygen atoms in total. The third-order valence-corrected chi connectivity index (χ3v) is 4.98. The van der Waals surface area contributed by atoms with Crippen LogP contribution in [0.2, 0.25) is 0 Å². The summed E-state index contributed by atoms with van der Waals surface area (Å²) in [4.78, 5) is 14.5. The molecule has 2 N–H and O–H groups in total. The van der Waals surface area contributed by atoms with Gasteiger partial charge in [0.25, 0.3) is 0 Å². The van der Waals surface area contributed by atoms with Gasteiger partial charge in [0, 0.05) is 25.2 Å². The summed E-state index contributed by atoms with van der Waals surface area (Å²) in [5.74, 6) is 0.863. The standard InChI is InChI=1S/C17H33N3O/c1-3-10-18-16-9-11-20(12-14(16)2)13-17(21)19-15-7-5-4-6-8-15/h14-16,18H,3-13H2,1-2H3,(H,19,21). The van der Waals surface area contributed by atoms with E-state index >= 15 is 0 Å². The van der Waals surface area contributed by atoms with Gasteiger partial charge in [-0.25, -0.2) is 0 Å². The average molecular weight is 295 g/mol. The van der Waals surface area contributed by atoms with Crippen LogP contribution < -0.4 is 10.6 Å². The maximum Gasteiger partial charge on any atom is 0.234 e. The van der Waals surface area contributed by atoms with Crippen LogP contribution in [0.25, 0.3) is 0 Å². The van der Waals surface area contributed by atoms with Crippen molar-refractivity contribution in [1.29, 1.82) is 0 Å². The molecular formula is C17H33N3O. The summed E-state index contributed by atoms with van der Waals surface area (Å²) in [6.07, 6.45) is 8.58. The lowest BCUT2D eigenvalue weighted by Gasteiger charge is -2.37. The van der Waals surface area contributed by atoms with Crippen LogP contribution in [0.1, 0.15) is 58.8 Å². The molecule has 0 aromatic rings. The van der Waals surface area contributed by atoms with E-state index in [2.05, 4.69) is 29.4 Å². The van der Waals surface area contributed by atoms with E-state index in [4.69, 9.17) is 0 Å². The number of hydrogen-bond donors (Lipinski definition) is 2. The van der Waals surface area contributed by atoms with E-state index in [0.29, 0.717) is 24.5 Å². The Hall–Kier alpha value is -0.610. The Morgan fingerprint density at radius 1 is 1.19 bits per heavy atom. The van der Waals surface area contributed by atoms with Crippen molar-refractivity contribution in [2.24, 2.45) is 5.92 Å². The number of nitrogens with zero attached hydrogens (tertiary/aromatic N) is 1. The van der Waals surface area contributed by atoms with Crippen LogP contribution in [0.4, 0.5) is 0 Å². The predicted octanol–water partition coefficient (Wildman–Crippen LogP) is 2.15. The largest absolute Gasteiger partial charge is 0.352 e. The molecule has 1 aliphatic carbocycles. The molecule has 21 heavy (non-hydrogen) atoms. The van der Waals surface area contributed by atoms with Crippen molar-refractivity contribution in [2.75, 3.05) is 26.2 Å². The molecule has 1 saturated carbocycles. The van der Waals surface area contributed by atoms with Gasteiger partial charge in [-0.15, -0.1) is 0 Å². The van der Waals surface area contributed by atoms with Gasteiger partial charge in [0.05, 0.1) is 6.54 Å². The SMILES string of the molecule is CCCNC1CCN(CC(=O)NC2CCCCC2)CC1C. The Kier molecular flexibility index (Phi) is 6.97. The highest BCUT2D eigenvalue weighted by Gasteiger charge is 2.27. The van der Waals surface area contributed by atoms with E-state index < -0.39 is 0 Å². The van der Waals surface area contributed by atoms with Gasteiger partial charge in [0.2, 0.25) is 5.91 Å². The molecule has 0 radical (unpaired) electrons. The van der Waals surface area contributed by atoms with E-state index in [1.165, 1.54) is 38.5 Å². The molecule has 2 atom stereocenters. The number of carbonyl (C=O) groups is 1. The molecule has 4 heteroatoms. The second-order valence-corrected chi connectivity index (χ2v) is 6.96. The lowest BCUT2D eigenvalue weighted by Crippen LogP contribution is -2.51. The molecule has 2 rings (SSSR count). The first kappa shape index (κ1) is 16.8. The quantitative estimate of drug-likeness (QED) is 0.789. The molecule has 1 amide bonds. The first-order valence-corrected chi connectivity index (χ1v) is 8.94. The van der Waals surface area contributed by atoms with Crippen LogP contribution in [-0.4, -0.2) is 49.1 Å². The van der Waals surface area contributed by atoms with Crippen molar-refractivity contribution in [2.45, 2.75) is 70.9 Å². The Morgan fingerprint density at radius 2 is 1.95 bits per heavy atom. The normalized spacial score (nSPS) is 28.5. The fourth-order valence-corrected chi connectivity index (χ4v) is 3.73. The van der Waals surface area contributed by atoms with E-state index in [-0.39, 0.29) is 5.91 Å². The molecule has 122 valence electrons. The van der Waals surface area contributed by atoms with Gasteiger partial charge in [-0.05, 0) is 38.1 Å². The number of rotatable bonds is 6. The number of likely N-dealkylation sites (tertiary alicyclic amines) is 1. The van der Waals surface area contributed by atoms with Crippen LogP contribution in [0.5, 0.6) is 0 Å². The molecular weight excluding hydrogens is 262 g/mol. The van der Waals surface area contributed by atoms with E-state index in [0.717, 1.165) is 26.1 Å². The molecule has 0 spiro atoms. The van der Waals surface area contributed by atoms with E-state index in [1.807, 2.05) is 0 Å². The smallest absolute Gasteiger partial charge is 0.234 e. The van der Waals surface area contributed by atoms with Crippen molar-refractivity contribution in [3.63, 3.8) is 0 Å². The minimum Gasteiger partial charge on any atom is -0.352 e. The summed E-state index contributed by atoms with van der Waals surface area (Å²) >= 11 is 0. The minimum absolute atomic E-state index is 0.231. The van der Waals surface area contributed by atoms with Crippen LogP contribution in [0.15, 0.2) is 0 Å². The molecule has 2 fully saturated rings. The fraction of sp³-hybridized carbons (Fsp3) is 0.941. The lowest BCUT2D eigenvalue weighted by molar-refractivity contribution is -0.123. The summed E-state index contributed by atoms with van der Waals surface area (Å²) in [6, 6.07) is 1.06.